The zero-order valence-electron chi connectivity index (χ0n) is 8.94. The molecule has 0 spiro atoms. The molecule has 0 aliphatic heterocycles. The summed E-state index contributed by atoms with van der Waals surface area (Å²) in [4.78, 5) is 11.2. The van der Waals surface area contributed by atoms with Crippen molar-refractivity contribution in [3.63, 3.8) is 0 Å². The summed E-state index contributed by atoms with van der Waals surface area (Å²) >= 11 is 5.84. The predicted molar refractivity (Wildman–Crippen MR) is 62.1 cm³/mol. The fraction of sp³-hybridized carbons (Fsp3) is 0.273. The number of nitrogens with zero attached hydrogens (tertiary/aromatic N) is 2. The maximum Gasteiger partial charge on any atom is 0.354 e. The van der Waals surface area contributed by atoms with Crippen LogP contribution < -0.4 is 0 Å². The quantitative estimate of drug-likeness (QED) is 0.875. The first-order chi connectivity index (χ1) is 7.50. The van der Waals surface area contributed by atoms with Crippen molar-refractivity contribution in [2.24, 2.45) is 0 Å². The number of carboxylic acids is 1. The van der Waals surface area contributed by atoms with Gasteiger partial charge in [0.15, 0.2) is 5.69 Å². The molecule has 2 aromatic rings. The van der Waals surface area contributed by atoms with Crippen molar-refractivity contribution in [1.82, 2.24) is 9.78 Å². The van der Waals surface area contributed by atoms with Gasteiger partial charge in [-0.05, 0) is 32.0 Å². The number of fused-ring (bicyclic) bond motifs is 1. The predicted octanol–water partition coefficient (Wildman–Crippen LogP) is 2.97. The van der Waals surface area contributed by atoms with E-state index in [1.54, 1.807) is 18.2 Å². The molecule has 0 fully saturated rings. The fourth-order valence-corrected chi connectivity index (χ4v) is 1.83. The molecule has 4 nitrogen and oxygen atoms in total. The average Bonchev–Trinajstić information content (AvgIpc) is 2.55. The zero-order valence-corrected chi connectivity index (χ0v) is 9.69. The van der Waals surface area contributed by atoms with Gasteiger partial charge >= 0.3 is 5.97 Å². The number of hydrogen-bond acceptors (Lipinski definition) is 2. The summed E-state index contributed by atoms with van der Waals surface area (Å²) < 4.78 is 1.50. The van der Waals surface area contributed by atoms with Crippen molar-refractivity contribution >= 4 is 28.5 Å². The molecule has 2 rings (SSSR count). The molecule has 1 aromatic carbocycles. The topological polar surface area (TPSA) is 55.1 Å². The second-order valence-electron chi connectivity index (χ2n) is 3.85. The molecule has 5 heteroatoms. The molecule has 0 bridgehead atoms. The third kappa shape index (κ3) is 1.65. The highest BCUT2D eigenvalue weighted by molar-refractivity contribution is 6.31. The van der Waals surface area contributed by atoms with Crippen molar-refractivity contribution in [3.8, 4) is 0 Å². The minimum atomic E-state index is -0.974. The van der Waals surface area contributed by atoms with Crippen LogP contribution in [0, 0.1) is 0 Å². The molecule has 1 heterocycles. The monoisotopic (exact) mass is 238 g/mol. The van der Waals surface area contributed by atoms with E-state index in [0.29, 0.717) is 15.9 Å². The van der Waals surface area contributed by atoms with Crippen molar-refractivity contribution in [2.75, 3.05) is 0 Å². The number of carbonyl (C=O) groups is 1. The summed E-state index contributed by atoms with van der Waals surface area (Å²) in [5.74, 6) is -0.974. The standard InChI is InChI=1S/C11H11ClN2O2/c1-6(2)14-10(11(15)16)8-4-3-7(12)5-9(8)13-14/h3-6H,1-2H3,(H,15,16). The molecule has 0 amide bonds. The highest BCUT2D eigenvalue weighted by Crippen LogP contribution is 2.24. The number of rotatable bonds is 2. The summed E-state index contributed by atoms with van der Waals surface area (Å²) in [5, 5.41) is 14.6. The molecule has 0 saturated carbocycles. The number of hydrogen-bond donors (Lipinski definition) is 1. The Hall–Kier alpha value is -1.55. The maximum atomic E-state index is 11.2. The number of halogens is 1. The van der Waals surface area contributed by atoms with Gasteiger partial charge in [0.1, 0.15) is 0 Å². The Kier molecular flexibility index (Phi) is 2.59. The second-order valence-corrected chi connectivity index (χ2v) is 4.29. The van der Waals surface area contributed by atoms with Crippen LogP contribution in [0.25, 0.3) is 10.9 Å². The largest absolute Gasteiger partial charge is 0.477 e. The Morgan fingerprint density at radius 3 is 2.75 bits per heavy atom. The Balaban J connectivity index is 2.81. The Morgan fingerprint density at radius 1 is 1.50 bits per heavy atom. The van der Waals surface area contributed by atoms with E-state index in [4.69, 9.17) is 11.6 Å². The van der Waals surface area contributed by atoms with Gasteiger partial charge in [0.2, 0.25) is 0 Å². The Morgan fingerprint density at radius 2 is 2.19 bits per heavy atom. The molecule has 0 atom stereocenters. The number of aromatic carboxylic acids is 1. The van der Waals surface area contributed by atoms with Gasteiger partial charge in [0.05, 0.1) is 5.52 Å². The molecule has 0 aliphatic carbocycles. The summed E-state index contributed by atoms with van der Waals surface area (Å²) in [6.07, 6.45) is 0. The molecular formula is C11H11ClN2O2. The van der Waals surface area contributed by atoms with Crippen molar-refractivity contribution in [2.45, 2.75) is 19.9 Å². The summed E-state index contributed by atoms with van der Waals surface area (Å²) in [7, 11) is 0. The smallest absolute Gasteiger partial charge is 0.354 e. The summed E-state index contributed by atoms with van der Waals surface area (Å²) in [5.41, 5.74) is 0.820. The van der Waals surface area contributed by atoms with E-state index in [0.717, 1.165) is 0 Å². The molecule has 1 aromatic heterocycles. The minimum absolute atomic E-state index is 0.00252. The molecule has 84 valence electrons. The first-order valence-corrected chi connectivity index (χ1v) is 5.29. The molecule has 0 radical (unpaired) electrons. The molecule has 1 N–H and O–H groups in total. The van der Waals surface area contributed by atoms with E-state index in [2.05, 4.69) is 5.10 Å². The molecule has 16 heavy (non-hydrogen) atoms. The zero-order chi connectivity index (χ0) is 11.9. The lowest BCUT2D eigenvalue weighted by molar-refractivity contribution is 0.0683. The van der Waals surface area contributed by atoms with Crippen LogP contribution in [-0.4, -0.2) is 20.9 Å². The van der Waals surface area contributed by atoms with Gasteiger partial charge in [0.25, 0.3) is 0 Å². The summed E-state index contributed by atoms with van der Waals surface area (Å²) in [6, 6.07) is 5.02. The van der Waals surface area contributed by atoms with Crippen LogP contribution >= 0.6 is 11.6 Å². The first kappa shape index (κ1) is 11.0. The van der Waals surface area contributed by atoms with Crippen LogP contribution in [0.4, 0.5) is 0 Å². The maximum absolute atomic E-state index is 11.2. The van der Waals surface area contributed by atoms with Gasteiger partial charge < -0.3 is 5.11 Å². The molecule has 0 unspecified atom stereocenters. The molecular weight excluding hydrogens is 228 g/mol. The number of carboxylic acid groups (broad SMARTS) is 1. The van der Waals surface area contributed by atoms with Crippen molar-refractivity contribution in [1.29, 1.82) is 0 Å². The third-order valence-corrected chi connectivity index (χ3v) is 2.59. The average molecular weight is 239 g/mol. The first-order valence-electron chi connectivity index (χ1n) is 4.91. The van der Waals surface area contributed by atoms with E-state index >= 15 is 0 Å². The van der Waals surface area contributed by atoms with Crippen LogP contribution in [0.1, 0.15) is 30.4 Å². The lowest BCUT2D eigenvalue weighted by Crippen LogP contribution is -2.12. The number of benzene rings is 1. The fourth-order valence-electron chi connectivity index (χ4n) is 1.66. The lowest BCUT2D eigenvalue weighted by Gasteiger charge is -2.07. The van der Waals surface area contributed by atoms with E-state index in [1.807, 2.05) is 13.8 Å². The van der Waals surface area contributed by atoms with Gasteiger partial charge in [-0.25, -0.2) is 4.79 Å². The minimum Gasteiger partial charge on any atom is -0.477 e. The van der Waals surface area contributed by atoms with E-state index < -0.39 is 5.97 Å². The van der Waals surface area contributed by atoms with Crippen LogP contribution in [0.3, 0.4) is 0 Å². The van der Waals surface area contributed by atoms with Crippen LogP contribution in [0.15, 0.2) is 18.2 Å². The Labute approximate surface area is 97.4 Å². The van der Waals surface area contributed by atoms with Crippen molar-refractivity contribution in [3.05, 3.63) is 28.9 Å². The van der Waals surface area contributed by atoms with Crippen LogP contribution in [0.5, 0.6) is 0 Å². The van der Waals surface area contributed by atoms with E-state index in [9.17, 15) is 9.90 Å². The lowest BCUT2D eigenvalue weighted by atomic mass is 10.2. The normalized spacial score (nSPS) is 11.2. The van der Waals surface area contributed by atoms with Crippen LogP contribution in [-0.2, 0) is 0 Å². The second kappa shape index (κ2) is 3.79. The van der Waals surface area contributed by atoms with Gasteiger partial charge in [-0.15, -0.1) is 0 Å². The molecule has 0 saturated heterocycles. The van der Waals surface area contributed by atoms with E-state index in [1.165, 1.54) is 4.68 Å². The van der Waals surface area contributed by atoms with Gasteiger partial charge in [-0.2, -0.15) is 5.10 Å². The SMILES string of the molecule is CC(C)n1nc2cc(Cl)ccc2c1C(=O)O. The van der Waals surface area contributed by atoms with Crippen LogP contribution in [0.2, 0.25) is 5.02 Å². The van der Waals surface area contributed by atoms with Gasteiger partial charge in [0, 0.05) is 16.5 Å². The number of aromatic nitrogens is 2. The Bertz CT molecular complexity index is 560. The van der Waals surface area contributed by atoms with E-state index in [-0.39, 0.29) is 11.7 Å². The highest BCUT2D eigenvalue weighted by atomic mass is 35.5. The van der Waals surface area contributed by atoms with Crippen molar-refractivity contribution < 1.29 is 9.90 Å². The van der Waals surface area contributed by atoms with Gasteiger partial charge in [-0.1, -0.05) is 11.6 Å². The summed E-state index contributed by atoms with van der Waals surface area (Å²) in [6.45, 7) is 3.78. The van der Waals surface area contributed by atoms with Gasteiger partial charge in [-0.3, -0.25) is 4.68 Å². The highest BCUT2D eigenvalue weighted by Gasteiger charge is 2.19. The third-order valence-electron chi connectivity index (χ3n) is 2.35. The molecule has 0 aliphatic rings.